The Kier molecular flexibility index (Phi) is 9.29. The first-order chi connectivity index (χ1) is 17.5. The molecule has 7 nitrogen and oxygen atoms in total. The molecule has 2 amide bonds. The molecule has 0 bridgehead atoms. The molecule has 10 heteroatoms. The van der Waals surface area contributed by atoms with Crippen molar-refractivity contribution in [3.05, 3.63) is 95.3 Å². The highest BCUT2D eigenvalue weighted by molar-refractivity contribution is 7.92. The Morgan fingerprint density at radius 2 is 1.54 bits per heavy atom. The highest BCUT2D eigenvalue weighted by Gasteiger charge is 2.32. The number of anilines is 1. The van der Waals surface area contributed by atoms with Crippen molar-refractivity contribution in [1.29, 1.82) is 0 Å². The van der Waals surface area contributed by atoms with E-state index in [1.165, 1.54) is 23.1 Å². The van der Waals surface area contributed by atoms with E-state index in [1.807, 2.05) is 30.3 Å². The predicted octanol–water partition coefficient (Wildman–Crippen LogP) is 4.62. The fourth-order valence-electron chi connectivity index (χ4n) is 3.66. The summed E-state index contributed by atoms with van der Waals surface area (Å²) in [5.41, 5.74) is 0.782. The van der Waals surface area contributed by atoms with Crippen LogP contribution < -0.4 is 9.62 Å². The number of benzene rings is 3. The van der Waals surface area contributed by atoms with Crippen molar-refractivity contribution < 1.29 is 22.4 Å². The van der Waals surface area contributed by atoms with Crippen LogP contribution in [-0.2, 0) is 26.2 Å². The molecule has 0 heterocycles. The molecule has 0 aliphatic carbocycles. The molecule has 0 fully saturated rings. The van der Waals surface area contributed by atoms with Gasteiger partial charge in [0.1, 0.15) is 18.4 Å². The molecule has 0 spiro atoms. The maximum atomic E-state index is 13.9. The Bertz CT molecular complexity index is 1340. The standard InChI is InChI=1S/C27H29ClFN3O4S/c1-19(2)30-27(34)20(3)31(17-21-10-6-4-7-11-21)26(33)18-32(22-14-15-25(29)24(28)16-22)37(35,36)23-12-8-5-9-13-23/h4-16,19-20H,17-18H2,1-3H3,(H,30,34). The molecule has 3 aromatic rings. The van der Waals surface area contributed by atoms with Gasteiger partial charge < -0.3 is 10.2 Å². The van der Waals surface area contributed by atoms with Gasteiger partial charge in [0.05, 0.1) is 15.6 Å². The van der Waals surface area contributed by atoms with E-state index in [4.69, 9.17) is 11.6 Å². The van der Waals surface area contributed by atoms with Crippen LogP contribution in [0.2, 0.25) is 5.02 Å². The lowest BCUT2D eigenvalue weighted by Crippen LogP contribution is -2.52. The van der Waals surface area contributed by atoms with E-state index in [-0.39, 0.29) is 34.1 Å². The van der Waals surface area contributed by atoms with Gasteiger partial charge in [-0.05, 0) is 56.7 Å². The van der Waals surface area contributed by atoms with Crippen molar-refractivity contribution in [3.8, 4) is 0 Å². The number of sulfonamides is 1. The second-order valence-electron chi connectivity index (χ2n) is 8.77. The van der Waals surface area contributed by atoms with Gasteiger partial charge in [0.15, 0.2) is 0 Å². The lowest BCUT2D eigenvalue weighted by molar-refractivity contribution is -0.139. The summed E-state index contributed by atoms with van der Waals surface area (Å²) in [4.78, 5) is 27.8. The summed E-state index contributed by atoms with van der Waals surface area (Å²) < 4.78 is 42.0. The van der Waals surface area contributed by atoms with Crippen molar-refractivity contribution in [1.82, 2.24) is 10.2 Å². The molecule has 37 heavy (non-hydrogen) atoms. The summed E-state index contributed by atoms with van der Waals surface area (Å²) in [6.45, 7) is 4.64. The third-order valence-electron chi connectivity index (χ3n) is 5.60. The average molecular weight is 546 g/mol. The minimum atomic E-state index is -4.25. The van der Waals surface area contributed by atoms with Gasteiger partial charge in [0.2, 0.25) is 11.8 Å². The summed E-state index contributed by atoms with van der Waals surface area (Å²) >= 11 is 5.96. The van der Waals surface area contributed by atoms with Gasteiger partial charge in [0.25, 0.3) is 10.0 Å². The van der Waals surface area contributed by atoms with E-state index in [2.05, 4.69) is 5.32 Å². The molecular formula is C27H29ClFN3O4S. The number of carbonyl (C=O) groups is 2. The maximum absolute atomic E-state index is 13.9. The number of nitrogens with zero attached hydrogens (tertiary/aromatic N) is 2. The summed E-state index contributed by atoms with van der Waals surface area (Å²) in [5, 5.41) is 2.51. The summed E-state index contributed by atoms with van der Waals surface area (Å²) in [7, 11) is -4.25. The molecule has 1 atom stereocenters. The van der Waals surface area contributed by atoms with E-state index in [0.717, 1.165) is 22.0 Å². The van der Waals surface area contributed by atoms with Gasteiger partial charge in [-0.3, -0.25) is 13.9 Å². The number of hydrogen-bond acceptors (Lipinski definition) is 4. The molecule has 1 N–H and O–H groups in total. The quantitative estimate of drug-likeness (QED) is 0.403. The molecule has 0 aliphatic rings. The van der Waals surface area contributed by atoms with Gasteiger partial charge >= 0.3 is 0 Å². The predicted molar refractivity (Wildman–Crippen MR) is 142 cm³/mol. The molecule has 0 radical (unpaired) electrons. The molecular weight excluding hydrogens is 517 g/mol. The highest BCUT2D eigenvalue weighted by atomic mass is 35.5. The molecule has 1 unspecified atom stereocenters. The Morgan fingerprint density at radius 1 is 0.946 bits per heavy atom. The first-order valence-electron chi connectivity index (χ1n) is 11.7. The molecule has 0 aromatic heterocycles. The lowest BCUT2D eigenvalue weighted by atomic mass is 10.1. The van der Waals surface area contributed by atoms with E-state index in [9.17, 15) is 22.4 Å². The lowest BCUT2D eigenvalue weighted by Gasteiger charge is -2.32. The van der Waals surface area contributed by atoms with Gasteiger partial charge in [0, 0.05) is 12.6 Å². The van der Waals surface area contributed by atoms with Gasteiger partial charge in [-0.15, -0.1) is 0 Å². The summed E-state index contributed by atoms with van der Waals surface area (Å²) in [6, 6.07) is 19.0. The van der Waals surface area contributed by atoms with E-state index in [1.54, 1.807) is 39.0 Å². The summed E-state index contributed by atoms with van der Waals surface area (Å²) in [5.74, 6) is -1.71. The Hall–Kier alpha value is -3.43. The molecule has 3 aromatic carbocycles. The van der Waals surface area contributed by atoms with E-state index < -0.39 is 34.3 Å². The first-order valence-corrected chi connectivity index (χ1v) is 13.5. The van der Waals surface area contributed by atoms with Crippen LogP contribution in [0.4, 0.5) is 10.1 Å². The number of amides is 2. The van der Waals surface area contributed by atoms with Crippen LogP contribution in [0.25, 0.3) is 0 Å². The van der Waals surface area contributed by atoms with Crippen molar-refractivity contribution in [2.24, 2.45) is 0 Å². The SMILES string of the molecule is CC(C)NC(=O)C(C)N(Cc1ccccc1)C(=O)CN(c1ccc(F)c(Cl)c1)S(=O)(=O)c1ccccc1. The molecule has 0 aliphatic heterocycles. The number of rotatable bonds is 10. The van der Waals surface area contributed by atoms with Crippen LogP contribution in [0.5, 0.6) is 0 Å². The van der Waals surface area contributed by atoms with Crippen molar-refractivity contribution in [2.45, 2.75) is 44.3 Å². The zero-order chi connectivity index (χ0) is 27.2. The van der Waals surface area contributed by atoms with Crippen LogP contribution in [0.3, 0.4) is 0 Å². The van der Waals surface area contributed by atoms with Gasteiger partial charge in [-0.1, -0.05) is 60.1 Å². The zero-order valence-corrected chi connectivity index (χ0v) is 22.3. The Labute approximate surface area is 221 Å². The third-order valence-corrected chi connectivity index (χ3v) is 7.67. The normalized spacial score (nSPS) is 12.2. The van der Waals surface area contributed by atoms with Crippen LogP contribution in [0.15, 0.2) is 83.8 Å². The van der Waals surface area contributed by atoms with Crippen molar-refractivity contribution in [2.75, 3.05) is 10.8 Å². The fraction of sp³-hybridized carbons (Fsp3) is 0.259. The van der Waals surface area contributed by atoms with Crippen molar-refractivity contribution in [3.63, 3.8) is 0 Å². The largest absolute Gasteiger partial charge is 0.352 e. The number of nitrogens with one attached hydrogen (secondary N) is 1. The smallest absolute Gasteiger partial charge is 0.264 e. The number of hydrogen-bond donors (Lipinski definition) is 1. The highest BCUT2D eigenvalue weighted by Crippen LogP contribution is 2.28. The van der Waals surface area contributed by atoms with Crippen LogP contribution in [0.1, 0.15) is 26.3 Å². The number of carbonyl (C=O) groups excluding carboxylic acids is 2. The molecule has 0 saturated carbocycles. The topological polar surface area (TPSA) is 86.8 Å². The zero-order valence-electron chi connectivity index (χ0n) is 20.8. The number of halogens is 2. The van der Waals surface area contributed by atoms with Crippen molar-refractivity contribution >= 4 is 39.1 Å². The Balaban J connectivity index is 2.03. The fourth-order valence-corrected chi connectivity index (χ4v) is 5.26. The second-order valence-corrected chi connectivity index (χ2v) is 11.0. The Morgan fingerprint density at radius 3 is 2.11 bits per heavy atom. The minimum Gasteiger partial charge on any atom is -0.352 e. The molecule has 0 saturated heterocycles. The average Bonchev–Trinajstić information content (AvgIpc) is 2.87. The van der Waals surface area contributed by atoms with E-state index >= 15 is 0 Å². The maximum Gasteiger partial charge on any atom is 0.264 e. The minimum absolute atomic E-state index is 0.0162. The summed E-state index contributed by atoms with van der Waals surface area (Å²) in [6.07, 6.45) is 0. The van der Waals surface area contributed by atoms with Crippen LogP contribution >= 0.6 is 11.6 Å². The molecule has 196 valence electrons. The van der Waals surface area contributed by atoms with Crippen LogP contribution in [-0.4, -0.2) is 43.8 Å². The van der Waals surface area contributed by atoms with Gasteiger partial charge in [-0.2, -0.15) is 0 Å². The monoisotopic (exact) mass is 545 g/mol. The van der Waals surface area contributed by atoms with Gasteiger partial charge in [-0.25, -0.2) is 12.8 Å². The first kappa shape index (κ1) is 28.1. The van der Waals surface area contributed by atoms with E-state index in [0.29, 0.717) is 0 Å². The third kappa shape index (κ3) is 7.08. The van der Waals surface area contributed by atoms with Crippen LogP contribution in [0, 0.1) is 5.82 Å². The second kappa shape index (κ2) is 12.2. The molecule has 3 rings (SSSR count).